The predicted molar refractivity (Wildman–Crippen MR) is 39.1 cm³/mol. The van der Waals surface area contributed by atoms with Crippen molar-refractivity contribution in [3.8, 4) is 0 Å². The summed E-state index contributed by atoms with van der Waals surface area (Å²) in [4.78, 5) is 0. The summed E-state index contributed by atoms with van der Waals surface area (Å²) < 4.78 is 0.305. The molecule has 44 valence electrons. The molecular formula is C4H11NS2. The second kappa shape index (κ2) is 2.84. The van der Waals surface area contributed by atoms with Crippen LogP contribution in [0.1, 0.15) is 20.8 Å². The van der Waals surface area contributed by atoms with Crippen molar-refractivity contribution in [3.05, 3.63) is 0 Å². The summed E-state index contributed by atoms with van der Waals surface area (Å²) in [6.45, 7) is 6.41. The van der Waals surface area contributed by atoms with Crippen molar-refractivity contribution in [1.29, 1.82) is 0 Å². The lowest BCUT2D eigenvalue weighted by Gasteiger charge is -2.13. The molecule has 0 heterocycles. The molecule has 0 fully saturated rings. The van der Waals surface area contributed by atoms with Crippen molar-refractivity contribution in [1.82, 2.24) is 0 Å². The first kappa shape index (κ1) is 7.66. The first-order valence-electron chi connectivity index (χ1n) is 2.11. The predicted octanol–water partition coefficient (Wildman–Crippen LogP) is 2.04. The zero-order valence-electron chi connectivity index (χ0n) is 4.89. The molecule has 0 unspecified atom stereocenters. The molecule has 0 aromatic carbocycles. The van der Waals surface area contributed by atoms with Gasteiger partial charge >= 0.3 is 0 Å². The molecule has 0 amide bonds. The van der Waals surface area contributed by atoms with Gasteiger partial charge in [-0.1, -0.05) is 31.6 Å². The first-order valence-corrected chi connectivity index (χ1v) is 4.32. The monoisotopic (exact) mass is 137 g/mol. The fraction of sp³-hybridized carbons (Fsp3) is 1.00. The zero-order valence-corrected chi connectivity index (χ0v) is 6.53. The summed E-state index contributed by atoms with van der Waals surface area (Å²) in [5.41, 5.74) is 0. The molecule has 0 aliphatic rings. The Balaban J connectivity index is 3.15. The van der Waals surface area contributed by atoms with E-state index in [9.17, 15) is 0 Å². The maximum Gasteiger partial charge on any atom is 0.0191 e. The molecule has 0 spiro atoms. The maximum atomic E-state index is 5.19. The molecular weight excluding hydrogens is 126 g/mol. The molecule has 0 aliphatic heterocycles. The summed E-state index contributed by atoms with van der Waals surface area (Å²) in [6, 6.07) is 0. The molecule has 0 aromatic rings. The second-order valence-corrected chi connectivity index (χ2v) is 4.95. The van der Waals surface area contributed by atoms with Crippen molar-refractivity contribution in [3.63, 3.8) is 0 Å². The van der Waals surface area contributed by atoms with Crippen LogP contribution in [-0.2, 0) is 0 Å². The molecule has 0 saturated heterocycles. The van der Waals surface area contributed by atoms with E-state index in [-0.39, 0.29) is 0 Å². The van der Waals surface area contributed by atoms with Crippen molar-refractivity contribution < 1.29 is 0 Å². The summed E-state index contributed by atoms with van der Waals surface area (Å²) in [6.07, 6.45) is 0. The van der Waals surface area contributed by atoms with E-state index in [1.807, 2.05) is 0 Å². The minimum Gasteiger partial charge on any atom is -0.268 e. The van der Waals surface area contributed by atoms with E-state index in [1.165, 1.54) is 11.0 Å². The normalized spacial score (nSPS) is 12.0. The fourth-order valence-electron chi connectivity index (χ4n) is 0.144. The number of rotatable bonds is 1. The minimum atomic E-state index is 0.305. The molecule has 7 heavy (non-hydrogen) atoms. The lowest BCUT2D eigenvalue weighted by atomic mass is 10.3. The number of hydrogen-bond donors (Lipinski definition) is 1. The standard InChI is InChI=1S/C4H11NS2/c1-4(2,3)6-7-5/h5H2,1-3H3. The minimum absolute atomic E-state index is 0.305. The van der Waals surface area contributed by atoms with Crippen LogP contribution in [0.15, 0.2) is 0 Å². The van der Waals surface area contributed by atoms with Crippen LogP contribution >= 0.6 is 21.8 Å². The zero-order chi connectivity index (χ0) is 5.91. The van der Waals surface area contributed by atoms with Crippen LogP contribution in [-0.4, -0.2) is 4.75 Å². The SMILES string of the molecule is CC(C)(C)SSN. The van der Waals surface area contributed by atoms with Crippen molar-refractivity contribution in [2.45, 2.75) is 25.5 Å². The van der Waals surface area contributed by atoms with Gasteiger partial charge in [-0.05, 0) is 11.0 Å². The van der Waals surface area contributed by atoms with Gasteiger partial charge in [-0.15, -0.1) is 0 Å². The van der Waals surface area contributed by atoms with Crippen LogP contribution in [0.4, 0.5) is 0 Å². The fourth-order valence-corrected chi connectivity index (χ4v) is 1.30. The van der Waals surface area contributed by atoms with E-state index in [1.54, 1.807) is 10.8 Å². The highest BCUT2D eigenvalue weighted by Crippen LogP contribution is 2.30. The molecule has 0 atom stereocenters. The van der Waals surface area contributed by atoms with E-state index < -0.39 is 0 Å². The highest BCUT2D eigenvalue weighted by atomic mass is 33.1. The summed E-state index contributed by atoms with van der Waals surface area (Å²) in [5, 5.41) is 5.19. The third-order valence-corrected chi connectivity index (χ3v) is 2.68. The van der Waals surface area contributed by atoms with Gasteiger partial charge < -0.3 is 0 Å². The Kier molecular flexibility index (Phi) is 3.11. The van der Waals surface area contributed by atoms with Gasteiger partial charge in [0.1, 0.15) is 0 Å². The Labute approximate surface area is 53.0 Å². The van der Waals surface area contributed by atoms with Gasteiger partial charge in [0.25, 0.3) is 0 Å². The maximum absolute atomic E-state index is 5.19. The highest BCUT2D eigenvalue weighted by Gasteiger charge is 2.08. The summed E-state index contributed by atoms with van der Waals surface area (Å²) in [5.74, 6) is 0. The third kappa shape index (κ3) is 6.66. The second-order valence-electron chi connectivity index (χ2n) is 2.29. The lowest BCUT2D eigenvalue weighted by molar-refractivity contribution is 0.810. The van der Waals surface area contributed by atoms with Crippen molar-refractivity contribution in [2.24, 2.45) is 5.14 Å². The van der Waals surface area contributed by atoms with E-state index in [2.05, 4.69) is 20.8 Å². The molecule has 0 aromatic heterocycles. The summed E-state index contributed by atoms with van der Waals surface area (Å²) in [7, 11) is 3.01. The smallest absolute Gasteiger partial charge is 0.0191 e. The molecule has 0 rings (SSSR count). The van der Waals surface area contributed by atoms with Gasteiger partial charge in [0.2, 0.25) is 0 Å². The van der Waals surface area contributed by atoms with Gasteiger partial charge in [-0.25, -0.2) is 0 Å². The van der Waals surface area contributed by atoms with Gasteiger partial charge in [-0.2, -0.15) is 0 Å². The van der Waals surface area contributed by atoms with E-state index in [4.69, 9.17) is 5.14 Å². The first-order chi connectivity index (χ1) is 3.06. The van der Waals surface area contributed by atoms with Crippen LogP contribution in [0, 0.1) is 0 Å². The molecule has 0 saturated carbocycles. The quantitative estimate of drug-likeness (QED) is 0.442. The van der Waals surface area contributed by atoms with Gasteiger partial charge in [0.05, 0.1) is 0 Å². The van der Waals surface area contributed by atoms with Crippen molar-refractivity contribution >= 4 is 21.8 Å². The van der Waals surface area contributed by atoms with Crippen molar-refractivity contribution in [2.75, 3.05) is 0 Å². The van der Waals surface area contributed by atoms with Crippen LogP contribution in [0.25, 0.3) is 0 Å². The Bertz CT molecular complexity index is 48.1. The molecule has 2 N–H and O–H groups in total. The van der Waals surface area contributed by atoms with Gasteiger partial charge in [0, 0.05) is 4.75 Å². The lowest BCUT2D eigenvalue weighted by Crippen LogP contribution is -2.05. The summed E-state index contributed by atoms with van der Waals surface area (Å²) >= 11 is 0. The Morgan fingerprint density at radius 1 is 1.29 bits per heavy atom. The Morgan fingerprint density at radius 3 is 1.71 bits per heavy atom. The molecule has 3 heteroatoms. The van der Waals surface area contributed by atoms with Crippen LogP contribution in [0.3, 0.4) is 0 Å². The Hall–Kier alpha value is 0.660. The molecule has 0 radical (unpaired) electrons. The molecule has 1 nitrogen and oxygen atoms in total. The van der Waals surface area contributed by atoms with Crippen LogP contribution < -0.4 is 5.14 Å². The van der Waals surface area contributed by atoms with E-state index in [0.717, 1.165) is 0 Å². The van der Waals surface area contributed by atoms with E-state index >= 15 is 0 Å². The Morgan fingerprint density at radius 2 is 1.71 bits per heavy atom. The highest BCUT2D eigenvalue weighted by molar-refractivity contribution is 8.76. The number of nitrogens with two attached hydrogens (primary N) is 1. The van der Waals surface area contributed by atoms with Crippen LogP contribution in [0.5, 0.6) is 0 Å². The van der Waals surface area contributed by atoms with Crippen LogP contribution in [0.2, 0.25) is 0 Å². The molecule has 0 bridgehead atoms. The average Bonchev–Trinajstić information content (AvgIpc) is 1.30. The third-order valence-electron chi connectivity index (χ3n) is 0.298. The van der Waals surface area contributed by atoms with E-state index in [0.29, 0.717) is 4.75 Å². The average molecular weight is 137 g/mol. The molecule has 0 aliphatic carbocycles. The number of hydrogen-bond acceptors (Lipinski definition) is 3. The van der Waals surface area contributed by atoms with Gasteiger partial charge in [-0.3, -0.25) is 5.14 Å². The largest absolute Gasteiger partial charge is 0.268 e. The topological polar surface area (TPSA) is 26.0 Å². The van der Waals surface area contributed by atoms with Gasteiger partial charge in [0.15, 0.2) is 0 Å².